The van der Waals surface area contributed by atoms with Gasteiger partial charge in [0.25, 0.3) is 0 Å². The van der Waals surface area contributed by atoms with Crippen LogP contribution in [0.1, 0.15) is 12.0 Å². The van der Waals surface area contributed by atoms with Gasteiger partial charge in [-0.15, -0.1) is 0 Å². The second kappa shape index (κ2) is 5.19. The maximum atomic E-state index is 10.9. The SMILES string of the molecule is CN(C(=O)O)C1CCN(Cc2ccccc2)C1. The third kappa shape index (κ3) is 2.97. The average Bonchev–Trinajstić information content (AvgIpc) is 2.77. The van der Waals surface area contributed by atoms with E-state index < -0.39 is 6.09 Å². The number of hydrogen-bond donors (Lipinski definition) is 1. The Kier molecular flexibility index (Phi) is 3.64. The molecule has 0 bridgehead atoms. The Labute approximate surface area is 101 Å². The van der Waals surface area contributed by atoms with Crippen LogP contribution in [0.25, 0.3) is 0 Å². The molecule has 1 atom stereocenters. The van der Waals surface area contributed by atoms with Crippen LogP contribution in [0.15, 0.2) is 30.3 Å². The Morgan fingerprint density at radius 3 is 2.82 bits per heavy atom. The monoisotopic (exact) mass is 234 g/mol. The molecule has 0 aromatic heterocycles. The molecule has 1 unspecified atom stereocenters. The fraction of sp³-hybridized carbons (Fsp3) is 0.462. The predicted octanol–water partition coefficient (Wildman–Crippen LogP) is 1.87. The average molecular weight is 234 g/mol. The van der Waals surface area contributed by atoms with Gasteiger partial charge in [-0.25, -0.2) is 4.79 Å². The second-order valence-electron chi connectivity index (χ2n) is 4.56. The van der Waals surface area contributed by atoms with E-state index in [-0.39, 0.29) is 6.04 Å². The van der Waals surface area contributed by atoms with E-state index in [1.54, 1.807) is 7.05 Å². The first kappa shape index (κ1) is 11.9. The number of hydrogen-bond acceptors (Lipinski definition) is 2. The lowest BCUT2D eigenvalue weighted by atomic mass is 10.2. The summed E-state index contributed by atoms with van der Waals surface area (Å²) >= 11 is 0. The van der Waals surface area contributed by atoms with Crippen molar-refractivity contribution in [3.05, 3.63) is 35.9 Å². The largest absolute Gasteiger partial charge is 0.465 e. The van der Waals surface area contributed by atoms with Crippen LogP contribution in [-0.4, -0.2) is 47.2 Å². The van der Waals surface area contributed by atoms with Crippen LogP contribution in [-0.2, 0) is 6.54 Å². The van der Waals surface area contributed by atoms with E-state index in [0.29, 0.717) is 0 Å². The lowest BCUT2D eigenvalue weighted by Crippen LogP contribution is -2.37. The Hall–Kier alpha value is -1.55. The summed E-state index contributed by atoms with van der Waals surface area (Å²) in [5.74, 6) is 0. The highest BCUT2D eigenvalue weighted by Crippen LogP contribution is 2.17. The van der Waals surface area contributed by atoms with Crippen LogP contribution in [0, 0.1) is 0 Å². The first-order valence-corrected chi connectivity index (χ1v) is 5.89. The first-order valence-electron chi connectivity index (χ1n) is 5.89. The topological polar surface area (TPSA) is 43.8 Å². The maximum Gasteiger partial charge on any atom is 0.407 e. The highest BCUT2D eigenvalue weighted by atomic mass is 16.4. The van der Waals surface area contributed by atoms with E-state index in [1.807, 2.05) is 18.2 Å². The van der Waals surface area contributed by atoms with Crippen LogP contribution < -0.4 is 0 Å². The molecular weight excluding hydrogens is 216 g/mol. The zero-order valence-corrected chi connectivity index (χ0v) is 10.0. The second-order valence-corrected chi connectivity index (χ2v) is 4.56. The summed E-state index contributed by atoms with van der Waals surface area (Å²) in [7, 11) is 1.65. The summed E-state index contributed by atoms with van der Waals surface area (Å²) in [4.78, 5) is 14.6. The molecule has 1 aliphatic rings. The van der Waals surface area contributed by atoms with Crippen LogP contribution in [0.5, 0.6) is 0 Å². The molecule has 0 radical (unpaired) electrons. The summed E-state index contributed by atoms with van der Waals surface area (Å²) in [6.07, 6.45) is 0.0897. The van der Waals surface area contributed by atoms with Crippen molar-refractivity contribution in [3.8, 4) is 0 Å². The summed E-state index contributed by atoms with van der Waals surface area (Å²) in [5.41, 5.74) is 1.28. The third-order valence-corrected chi connectivity index (χ3v) is 3.35. The van der Waals surface area contributed by atoms with Gasteiger partial charge in [-0.3, -0.25) is 4.90 Å². The zero-order valence-electron chi connectivity index (χ0n) is 10.0. The molecule has 4 nitrogen and oxygen atoms in total. The number of carboxylic acid groups (broad SMARTS) is 1. The minimum absolute atomic E-state index is 0.135. The molecule has 1 saturated heterocycles. The van der Waals surface area contributed by atoms with Gasteiger partial charge in [0.1, 0.15) is 0 Å². The van der Waals surface area contributed by atoms with Gasteiger partial charge in [-0.05, 0) is 12.0 Å². The van der Waals surface area contributed by atoms with Crippen molar-refractivity contribution in [2.75, 3.05) is 20.1 Å². The van der Waals surface area contributed by atoms with E-state index >= 15 is 0 Å². The lowest BCUT2D eigenvalue weighted by molar-refractivity contribution is 0.138. The summed E-state index contributed by atoms with van der Waals surface area (Å²) in [5, 5.41) is 8.93. The van der Waals surface area contributed by atoms with Crippen molar-refractivity contribution in [1.29, 1.82) is 0 Å². The van der Waals surface area contributed by atoms with Gasteiger partial charge in [-0.1, -0.05) is 30.3 Å². The molecule has 1 amide bonds. The molecule has 1 N–H and O–H groups in total. The van der Waals surface area contributed by atoms with Crippen LogP contribution in [0.3, 0.4) is 0 Å². The number of rotatable bonds is 3. The normalized spacial score (nSPS) is 20.4. The minimum atomic E-state index is -0.837. The Balaban J connectivity index is 1.88. The van der Waals surface area contributed by atoms with Crippen LogP contribution >= 0.6 is 0 Å². The van der Waals surface area contributed by atoms with Crippen molar-refractivity contribution in [1.82, 2.24) is 9.80 Å². The highest BCUT2D eigenvalue weighted by Gasteiger charge is 2.27. The van der Waals surface area contributed by atoms with Crippen molar-refractivity contribution in [3.63, 3.8) is 0 Å². The van der Waals surface area contributed by atoms with E-state index in [1.165, 1.54) is 10.5 Å². The minimum Gasteiger partial charge on any atom is -0.465 e. The molecule has 1 aromatic carbocycles. The van der Waals surface area contributed by atoms with Gasteiger partial charge in [0.2, 0.25) is 0 Å². The molecule has 92 valence electrons. The Bertz CT molecular complexity index is 380. The number of nitrogens with zero attached hydrogens (tertiary/aromatic N) is 2. The molecule has 1 fully saturated rings. The molecule has 17 heavy (non-hydrogen) atoms. The van der Waals surface area contributed by atoms with E-state index in [2.05, 4.69) is 17.0 Å². The number of amides is 1. The molecule has 0 aliphatic carbocycles. The van der Waals surface area contributed by atoms with Gasteiger partial charge in [0.05, 0.1) is 0 Å². The molecule has 1 aromatic rings. The van der Waals surface area contributed by atoms with E-state index in [0.717, 1.165) is 26.1 Å². The highest BCUT2D eigenvalue weighted by molar-refractivity contribution is 5.65. The number of likely N-dealkylation sites (N-methyl/N-ethyl adjacent to an activating group) is 1. The summed E-state index contributed by atoms with van der Waals surface area (Å²) < 4.78 is 0. The fourth-order valence-corrected chi connectivity index (χ4v) is 2.27. The lowest BCUT2D eigenvalue weighted by Gasteiger charge is -2.22. The quantitative estimate of drug-likeness (QED) is 0.868. The van der Waals surface area contributed by atoms with E-state index in [4.69, 9.17) is 5.11 Å². The van der Waals surface area contributed by atoms with Gasteiger partial charge in [0, 0.05) is 32.7 Å². The van der Waals surface area contributed by atoms with Gasteiger partial charge < -0.3 is 10.0 Å². The van der Waals surface area contributed by atoms with Crippen LogP contribution in [0.2, 0.25) is 0 Å². The van der Waals surface area contributed by atoms with Gasteiger partial charge in [0.15, 0.2) is 0 Å². The molecule has 1 heterocycles. The molecule has 4 heteroatoms. The molecule has 0 saturated carbocycles. The Morgan fingerprint density at radius 1 is 1.47 bits per heavy atom. The first-order chi connectivity index (χ1) is 8.16. The fourth-order valence-electron chi connectivity index (χ4n) is 2.27. The van der Waals surface area contributed by atoms with Crippen molar-refractivity contribution in [2.45, 2.75) is 19.0 Å². The maximum absolute atomic E-state index is 10.9. The molecule has 1 aliphatic heterocycles. The van der Waals surface area contributed by atoms with Gasteiger partial charge >= 0.3 is 6.09 Å². The van der Waals surface area contributed by atoms with Gasteiger partial charge in [-0.2, -0.15) is 0 Å². The van der Waals surface area contributed by atoms with Crippen LogP contribution in [0.4, 0.5) is 4.79 Å². The molecule has 0 spiro atoms. The number of likely N-dealkylation sites (tertiary alicyclic amines) is 1. The zero-order chi connectivity index (χ0) is 12.3. The molecular formula is C13H18N2O2. The van der Waals surface area contributed by atoms with E-state index in [9.17, 15) is 4.79 Å². The summed E-state index contributed by atoms with van der Waals surface area (Å²) in [6, 6.07) is 10.4. The Morgan fingerprint density at radius 2 is 2.18 bits per heavy atom. The van der Waals surface area contributed by atoms with Crippen molar-refractivity contribution in [2.24, 2.45) is 0 Å². The standard InChI is InChI=1S/C13H18N2O2/c1-14(13(16)17)12-7-8-15(10-12)9-11-5-3-2-4-6-11/h2-6,12H,7-10H2,1H3,(H,16,17). The van der Waals surface area contributed by atoms with Crippen molar-refractivity contribution < 1.29 is 9.90 Å². The van der Waals surface area contributed by atoms with Crippen molar-refractivity contribution >= 4 is 6.09 Å². The third-order valence-electron chi connectivity index (χ3n) is 3.35. The number of benzene rings is 1. The smallest absolute Gasteiger partial charge is 0.407 e. The number of carbonyl (C=O) groups is 1. The molecule has 2 rings (SSSR count). The summed E-state index contributed by atoms with van der Waals surface area (Å²) in [6.45, 7) is 2.71. The predicted molar refractivity (Wildman–Crippen MR) is 65.9 cm³/mol.